The van der Waals surface area contributed by atoms with E-state index in [0.29, 0.717) is 0 Å². The summed E-state index contributed by atoms with van der Waals surface area (Å²) in [6.07, 6.45) is 0. The van der Waals surface area contributed by atoms with Crippen LogP contribution in [0.1, 0.15) is 10.4 Å². The van der Waals surface area contributed by atoms with Crippen molar-refractivity contribution in [3.05, 3.63) is 75.9 Å². The summed E-state index contributed by atoms with van der Waals surface area (Å²) in [6.45, 7) is 0. The van der Waals surface area contributed by atoms with Crippen LogP contribution in [0, 0.1) is 3.57 Å². The molecule has 0 bridgehead atoms. The van der Waals surface area contributed by atoms with E-state index in [4.69, 9.17) is 0 Å². The highest BCUT2D eigenvalue weighted by molar-refractivity contribution is 14.1. The van der Waals surface area contributed by atoms with Gasteiger partial charge in [0.2, 0.25) is 0 Å². The van der Waals surface area contributed by atoms with Gasteiger partial charge in [-0.05, 0) is 57.6 Å². The van der Waals surface area contributed by atoms with Crippen LogP contribution >= 0.6 is 22.6 Å². The molecule has 3 heteroatoms. The fraction of sp³-hybridized carbons (Fsp3) is 0.0556. The lowest BCUT2D eigenvalue weighted by molar-refractivity contribution is 0.0992. The fourth-order valence-corrected chi connectivity index (χ4v) is 2.94. The molecule has 0 fully saturated rings. The third-order valence-corrected chi connectivity index (χ3v) is 4.47. The van der Waals surface area contributed by atoms with Gasteiger partial charge in [0.05, 0.1) is 5.56 Å². The smallest absolute Gasteiger partial charge is 0.259 e. The molecule has 3 aromatic carbocycles. The zero-order valence-electron chi connectivity index (χ0n) is 11.6. The van der Waals surface area contributed by atoms with E-state index in [1.165, 1.54) is 5.39 Å². The van der Waals surface area contributed by atoms with Crippen molar-refractivity contribution in [1.82, 2.24) is 0 Å². The second-order valence-corrected chi connectivity index (χ2v) is 6.04. The molecule has 3 aromatic rings. The van der Waals surface area contributed by atoms with Crippen LogP contribution in [-0.4, -0.2) is 13.0 Å². The molecule has 0 aliphatic rings. The first-order valence-electron chi connectivity index (χ1n) is 6.68. The second kappa shape index (κ2) is 5.85. The molecule has 0 radical (unpaired) electrons. The van der Waals surface area contributed by atoms with E-state index in [2.05, 4.69) is 34.7 Å². The van der Waals surface area contributed by atoms with Crippen LogP contribution in [-0.2, 0) is 0 Å². The lowest BCUT2D eigenvalue weighted by Crippen LogP contribution is -2.26. The van der Waals surface area contributed by atoms with Crippen LogP contribution in [0.25, 0.3) is 10.8 Å². The quantitative estimate of drug-likeness (QED) is 0.583. The summed E-state index contributed by atoms with van der Waals surface area (Å²) in [5, 5.41) is 2.31. The van der Waals surface area contributed by atoms with Gasteiger partial charge in [-0.2, -0.15) is 0 Å². The van der Waals surface area contributed by atoms with Crippen molar-refractivity contribution in [2.75, 3.05) is 11.9 Å². The normalized spacial score (nSPS) is 10.6. The number of benzene rings is 3. The van der Waals surface area contributed by atoms with Gasteiger partial charge in [-0.15, -0.1) is 0 Å². The highest BCUT2D eigenvalue weighted by atomic mass is 127. The minimum absolute atomic E-state index is 0.00952. The molecule has 0 atom stereocenters. The van der Waals surface area contributed by atoms with E-state index in [9.17, 15) is 4.79 Å². The van der Waals surface area contributed by atoms with Gasteiger partial charge in [-0.3, -0.25) is 4.79 Å². The second-order valence-electron chi connectivity index (χ2n) is 4.88. The number of carbonyl (C=O) groups excluding carboxylic acids is 1. The van der Waals surface area contributed by atoms with E-state index in [1.807, 2.05) is 61.6 Å². The molecule has 0 N–H and O–H groups in total. The first kappa shape index (κ1) is 14.1. The number of anilines is 1. The van der Waals surface area contributed by atoms with Crippen molar-refractivity contribution in [3.63, 3.8) is 0 Å². The van der Waals surface area contributed by atoms with E-state index in [1.54, 1.807) is 4.90 Å². The number of rotatable bonds is 2. The minimum atomic E-state index is 0.00952. The molecular formula is C18H14INO. The number of fused-ring (bicyclic) bond motifs is 1. The number of amides is 1. The van der Waals surface area contributed by atoms with Crippen LogP contribution in [0.5, 0.6) is 0 Å². The summed E-state index contributed by atoms with van der Waals surface area (Å²) in [7, 11) is 1.82. The molecule has 0 spiro atoms. The number of halogens is 1. The number of hydrogen-bond donors (Lipinski definition) is 0. The van der Waals surface area contributed by atoms with Crippen molar-refractivity contribution in [2.24, 2.45) is 0 Å². The van der Waals surface area contributed by atoms with Crippen LogP contribution in [0.3, 0.4) is 0 Å². The molecule has 0 aromatic heterocycles. The molecule has 21 heavy (non-hydrogen) atoms. The molecule has 1 amide bonds. The van der Waals surface area contributed by atoms with Crippen molar-refractivity contribution >= 4 is 45.0 Å². The maximum absolute atomic E-state index is 12.6. The third-order valence-electron chi connectivity index (χ3n) is 3.53. The highest BCUT2D eigenvalue weighted by Crippen LogP contribution is 2.23. The van der Waals surface area contributed by atoms with Gasteiger partial charge in [0.15, 0.2) is 0 Å². The number of carbonyl (C=O) groups is 1. The van der Waals surface area contributed by atoms with Crippen molar-refractivity contribution in [2.45, 2.75) is 0 Å². The zero-order chi connectivity index (χ0) is 14.8. The van der Waals surface area contributed by atoms with E-state index < -0.39 is 0 Å². The predicted octanol–water partition coefficient (Wildman–Crippen LogP) is 4.72. The van der Waals surface area contributed by atoms with Crippen LogP contribution in [0.4, 0.5) is 5.69 Å². The SMILES string of the molecule is CN(C(=O)c1ccccc1I)c1ccc2ccccc2c1. The molecule has 0 unspecified atom stereocenters. The highest BCUT2D eigenvalue weighted by Gasteiger charge is 2.15. The summed E-state index contributed by atoms with van der Waals surface area (Å²) >= 11 is 2.20. The van der Waals surface area contributed by atoms with E-state index in [0.717, 1.165) is 20.2 Å². The summed E-state index contributed by atoms with van der Waals surface area (Å²) in [6, 6.07) is 21.9. The zero-order valence-corrected chi connectivity index (χ0v) is 13.7. The van der Waals surface area contributed by atoms with Crippen LogP contribution < -0.4 is 4.90 Å². The molecule has 0 aliphatic carbocycles. The Morgan fingerprint density at radius 1 is 0.905 bits per heavy atom. The minimum Gasteiger partial charge on any atom is -0.311 e. The van der Waals surface area contributed by atoms with Crippen molar-refractivity contribution in [3.8, 4) is 0 Å². The Morgan fingerprint density at radius 3 is 2.33 bits per heavy atom. The van der Waals surface area contributed by atoms with Crippen LogP contribution in [0.15, 0.2) is 66.7 Å². The van der Waals surface area contributed by atoms with Crippen molar-refractivity contribution in [1.29, 1.82) is 0 Å². The average molecular weight is 387 g/mol. The molecule has 104 valence electrons. The number of nitrogens with zero attached hydrogens (tertiary/aromatic N) is 1. The van der Waals surface area contributed by atoms with Gasteiger partial charge in [0.25, 0.3) is 5.91 Å². The molecule has 0 saturated carbocycles. The number of hydrogen-bond acceptors (Lipinski definition) is 1. The Balaban J connectivity index is 1.98. The summed E-state index contributed by atoms with van der Waals surface area (Å²) < 4.78 is 0.965. The lowest BCUT2D eigenvalue weighted by atomic mass is 10.1. The topological polar surface area (TPSA) is 20.3 Å². The summed E-state index contributed by atoms with van der Waals surface area (Å²) in [5.74, 6) is 0.00952. The average Bonchev–Trinajstić information content (AvgIpc) is 2.53. The first-order valence-corrected chi connectivity index (χ1v) is 7.76. The monoisotopic (exact) mass is 387 g/mol. The van der Waals surface area contributed by atoms with Gasteiger partial charge < -0.3 is 4.90 Å². The van der Waals surface area contributed by atoms with Gasteiger partial charge in [0.1, 0.15) is 0 Å². The molecule has 0 aliphatic heterocycles. The lowest BCUT2D eigenvalue weighted by Gasteiger charge is -2.18. The van der Waals surface area contributed by atoms with Crippen molar-refractivity contribution < 1.29 is 4.79 Å². The summed E-state index contributed by atoms with van der Waals surface area (Å²) in [5.41, 5.74) is 1.63. The third kappa shape index (κ3) is 2.78. The maximum atomic E-state index is 12.6. The van der Waals surface area contributed by atoms with Gasteiger partial charge >= 0.3 is 0 Å². The Bertz CT molecular complexity index is 813. The molecule has 0 heterocycles. The van der Waals surface area contributed by atoms with Gasteiger partial charge in [0, 0.05) is 16.3 Å². The first-order chi connectivity index (χ1) is 10.2. The molecule has 2 nitrogen and oxygen atoms in total. The Hall–Kier alpha value is -1.88. The fourth-order valence-electron chi connectivity index (χ4n) is 2.32. The standard InChI is InChI=1S/C18H14INO/c1-20(18(21)16-8-4-5-9-17(16)19)15-11-10-13-6-2-3-7-14(13)12-15/h2-12H,1H3. The Labute approximate surface area is 137 Å². The molecule has 3 rings (SSSR count). The Morgan fingerprint density at radius 2 is 1.57 bits per heavy atom. The Kier molecular flexibility index (Phi) is 3.92. The van der Waals surface area contributed by atoms with Gasteiger partial charge in [-0.25, -0.2) is 0 Å². The maximum Gasteiger partial charge on any atom is 0.259 e. The molecular weight excluding hydrogens is 373 g/mol. The predicted molar refractivity (Wildman–Crippen MR) is 95.8 cm³/mol. The van der Waals surface area contributed by atoms with E-state index in [-0.39, 0.29) is 5.91 Å². The van der Waals surface area contributed by atoms with Gasteiger partial charge in [-0.1, -0.05) is 42.5 Å². The van der Waals surface area contributed by atoms with E-state index >= 15 is 0 Å². The summed E-state index contributed by atoms with van der Waals surface area (Å²) in [4.78, 5) is 14.3. The molecule has 0 saturated heterocycles. The van der Waals surface area contributed by atoms with Crippen LogP contribution in [0.2, 0.25) is 0 Å². The largest absolute Gasteiger partial charge is 0.311 e.